The molecule has 0 bridgehead atoms. The van der Waals surface area contributed by atoms with E-state index in [2.05, 4.69) is 12.2 Å². The van der Waals surface area contributed by atoms with Crippen LogP contribution < -0.4 is 5.32 Å². The van der Waals surface area contributed by atoms with Crippen LogP contribution in [0.4, 0.5) is 0 Å². The summed E-state index contributed by atoms with van der Waals surface area (Å²) < 4.78 is 0. The van der Waals surface area contributed by atoms with Gasteiger partial charge in [-0.2, -0.15) is 0 Å². The number of aliphatic carboxylic acids is 1. The molecular weight excluding hydrogens is 166 g/mol. The van der Waals surface area contributed by atoms with E-state index in [9.17, 15) is 4.79 Å². The lowest BCUT2D eigenvalue weighted by Crippen LogP contribution is -2.22. The predicted molar refractivity (Wildman–Crippen MR) is 51.6 cm³/mol. The van der Waals surface area contributed by atoms with Crippen molar-refractivity contribution in [1.29, 1.82) is 0 Å². The third-order valence-corrected chi connectivity index (χ3v) is 2.84. The van der Waals surface area contributed by atoms with Gasteiger partial charge in [-0.3, -0.25) is 4.79 Å². The van der Waals surface area contributed by atoms with E-state index in [1.807, 2.05) is 0 Å². The Bertz CT molecular complexity index is 170. The summed E-state index contributed by atoms with van der Waals surface area (Å²) in [5, 5.41) is 12.1. The summed E-state index contributed by atoms with van der Waals surface area (Å²) in [7, 11) is 0. The van der Waals surface area contributed by atoms with Crippen molar-refractivity contribution in [2.75, 3.05) is 13.1 Å². The van der Waals surface area contributed by atoms with Gasteiger partial charge in [-0.25, -0.2) is 0 Å². The van der Waals surface area contributed by atoms with Crippen LogP contribution in [-0.2, 0) is 4.79 Å². The van der Waals surface area contributed by atoms with E-state index in [-0.39, 0.29) is 5.92 Å². The van der Waals surface area contributed by atoms with Gasteiger partial charge in [-0.15, -0.1) is 0 Å². The van der Waals surface area contributed by atoms with Crippen molar-refractivity contribution < 1.29 is 9.90 Å². The minimum absolute atomic E-state index is 0.142. The van der Waals surface area contributed by atoms with Crippen LogP contribution in [0.15, 0.2) is 0 Å². The number of unbranched alkanes of at least 4 members (excludes halogenated alkanes) is 2. The van der Waals surface area contributed by atoms with E-state index in [0.717, 1.165) is 13.0 Å². The van der Waals surface area contributed by atoms with Crippen molar-refractivity contribution in [3.63, 3.8) is 0 Å². The molecule has 0 aliphatic carbocycles. The highest BCUT2D eigenvalue weighted by Gasteiger charge is 2.31. The van der Waals surface area contributed by atoms with Crippen molar-refractivity contribution >= 4 is 5.97 Å². The highest BCUT2D eigenvalue weighted by atomic mass is 16.4. The minimum atomic E-state index is -0.633. The largest absolute Gasteiger partial charge is 0.481 e. The maximum absolute atomic E-state index is 10.8. The average Bonchev–Trinajstić information content (AvgIpc) is 2.53. The molecule has 0 aromatic carbocycles. The van der Waals surface area contributed by atoms with Crippen LogP contribution in [0.25, 0.3) is 0 Å². The fraction of sp³-hybridized carbons (Fsp3) is 0.900. The second kappa shape index (κ2) is 5.22. The zero-order valence-electron chi connectivity index (χ0n) is 8.25. The van der Waals surface area contributed by atoms with Gasteiger partial charge in [0.1, 0.15) is 0 Å². The number of carbonyl (C=O) groups is 1. The quantitative estimate of drug-likeness (QED) is 0.638. The van der Waals surface area contributed by atoms with E-state index in [1.165, 1.54) is 19.3 Å². The standard InChI is InChI=1S/C10H19NO2/c1-2-3-4-5-8-6-11-7-9(8)10(12)13/h8-9,11H,2-7H2,1H3,(H,12,13)/t8-,9-/m1/s1. The summed E-state index contributed by atoms with van der Waals surface area (Å²) in [5.41, 5.74) is 0. The molecule has 76 valence electrons. The molecule has 0 saturated carbocycles. The molecule has 0 radical (unpaired) electrons. The average molecular weight is 185 g/mol. The fourth-order valence-electron chi connectivity index (χ4n) is 1.98. The highest BCUT2D eigenvalue weighted by Crippen LogP contribution is 2.22. The molecule has 0 unspecified atom stereocenters. The Morgan fingerprint density at radius 1 is 1.46 bits per heavy atom. The minimum Gasteiger partial charge on any atom is -0.481 e. The molecule has 0 aromatic rings. The summed E-state index contributed by atoms with van der Waals surface area (Å²) >= 11 is 0. The van der Waals surface area contributed by atoms with Crippen LogP contribution in [0, 0.1) is 11.8 Å². The number of carboxylic acids is 1. The number of hydrogen-bond donors (Lipinski definition) is 2. The molecule has 1 fully saturated rings. The molecule has 0 amide bonds. The first-order valence-electron chi connectivity index (χ1n) is 5.19. The third kappa shape index (κ3) is 2.99. The first kappa shape index (κ1) is 10.5. The molecule has 1 aliphatic heterocycles. The Morgan fingerprint density at radius 2 is 2.23 bits per heavy atom. The number of rotatable bonds is 5. The predicted octanol–water partition coefficient (Wildman–Crippen LogP) is 1.49. The molecule has 2 atom stereocenters. The Kier molecular flexibility index (Phi) is 4.22. The number of nitrogens with one attached hydrogen (secondary N) is 1. The molecule has 0 aromatic heterocycles. The second-order valence-electron chi connectivity index (χ2n) is 3.86. The van der Waals surface area contributed by atoms with Crippen molar-refractivity contribution in [2.45, 2.75) is 32.6 Å². The Balaban J connectivity index is 2.27. The molecule has 13 heavy (non-hydrogen) atoms. The van der Waals surface area contributed by atoms with Crippen molar-refractivity contribution in [3.8, 4) is 0 Å². The number of carboxylic acid groups (broad SMARTS) is 1. The monoisotopic (exact) mass is 185 g/mol. The summed E-state index contributed by atoms with van der Waals surface area (Å²) in [6.45, 7) is 3.72. The Morgan fingerprint density at radius 3 is 2.85 bits per heavy atom. The molecule has 0 spiro atoms. The Hall–Kier alpha value is -0.570. The molecule has 1 saturated heterocycles. The maximum Gasteiger partial charge on any atom is 0.308 e. The first-order valence-corrected chi connectivity index (χ1v) is 5.19. The van der Waals surface area contributed by atoms with Crippen LogP contribution in [-0.4, -0.2) is 24.2 Å². The molecule has 2 N–H and O–H groups in total. The summed E-state index contributed by atoms with van der Waals surface area (Å²) in [6.07, 6.45) is 4.67. The zero-order chi connectivity index (χ0) is 9.68. The topological polar surface area (TPSA) is 49.3 Å². The van der Waals surface area contributed by atoms with Gasteiger partial charge >= 0.3 is 5.97 Å². The molecule has 1 rings (SSSR count). The summed E-state index contributed by atoms with van der Waals surface area (Å²) in [5.74, 6) is -0.410. The lowest BCUT2D eigenvalue weighted by atomic mass is 9.91. The van der Waals surface area contributed by atoms with Gasteiger partial charge in [0.05, 0.1) is 5.92 Å². The van der Waals surface area contributed by atoms with E-state index >= 15 is 0 Å². The summed E-state index contributed by atoms with van der Waals surface area (Å²) in [6, 6.07) is 0. The van der Waals surface area contributed by atoms with Gasteiger partial charge in [-0.05, 0) is 18.9 Å². The fourth-order valence-corrected chi connectivity index (χ4v) is 1.98. The van der Waals surface area contributed by atoms with Crippen molar-refractivity contribution in [1.82, 2.24) is 5.32 Å². The molecule has 3 nitrogen and oxygen atoms in total. The van der Waals surface area contributed by atoms with Crippen molar-refractivity contribution in [2.24, 2.45) is 11.8 Å². The SMILES string of the molecule is CCCCC[C@@H]1CNC[C@H]1C(=O)O. The lowest BCUT2D eigenvalue weighted by molar-refractivity contribution is -0.142. The molecule has 1 heterocycles. The van der Waals surface area contributed by atoms with E-state index in [0.29, 0.717) is 12.5 Å². The van der Waals surface area contributed by atoms with Crippen LogP contribution in [0.1, 0.15) is 32.6 Å². The lowest BCUT2D eigenvalue weighted by Gasteiger charge is -2.13. The van der Waals surface area contributed by atoms with E-state index in [4.69, 9.17) is 5.11 Å². The van der Waals surface area contributed by atoms with Crippen LogP contribution >= 0.6 is 0 Å². The zero-order valence-corrected chi connectivity index (χ0v) is 8.25. The van der Waals surface area contributed by atoms with Gasteiger partial charge in [0, 0.05) is 6.54 Å². The second-order valence-corrected chi connectivity index (χ2v) is 3.86. The molecule has 1 aliphatic rings. The number of hydrogen-bond acceptors (Lipinski definition) is 2. The highest BCUT2D eigenvalue weighted by molar-refractivity contribution is 5.71. The van der Waals surface area contributed by atoms with Crippen LogP contribution in [0.2, 0.25) is 0 Å². The van der Waals surface area contributed by atoms with E-state index < -0.39 is 5.97 Å². The van der Waals surface area contributed by atoms with Gasteiger partial charge < -0.3 is 10.4 Å². The summed E-state index contributed by atoms with van der Waals surface area (Å²) in [4.78, 5) is 10.8. The van der Waals surface area contributed by atoms with Crippen LogP contribution in [0.5, 0.6) is 0 Å². The van der Waals surface area contributed by atoms with Crippen molar-refractivity contribution in [3.05, 3.63) is 0 Å². The van der Waals surface area contributed by atoms with E-state index in [1.54, 1.807) is 0 Å². The molecule has 3 heteroatoms. The van der Waals surface area contributed by atoms with Gasteiger partial charge in [0.2, 0.25) is 0 Å². The smallest absolute Gasteiger partial charge is 0.308 e. The first-order chi connectivity index (χ1) is 6.25. The molecular formula is C10H19NO2. The van der Waals surface area contributed by atoms with Gasteiger partial charge in [0.25, 0.3) is 0 Å². The van der Waals surface area contributed by atoms with Crippen LogP contribution in [0.3, 0.4) is 0 Å². The normalized spacial score (nSPS) is 27.8. The third-order valence-electron chi connectivity index (χ3n) is 2.84. The van der Waals surface area contributed by atoms with Gasteiger partial charge in [-0.1, -0.05) is 26.2 Å². The Labute approximate surface area is 79.5 Å². The maximum atomic E-state index is 10.8. The van der Waals surface area contributed by atoms with Gasteiger partial charge in [0.15, 0.2) is 0 Å².